The molecule has 144 valence electrons. The van der Waals surface area contributed by atoms with Crippen LogP contribution in [0.2, 0.25) is 0 Å². The Morgan fingerprint density at radius 3 is 2.33 bits per heavy atom. The summed E-state index contributed by atoms with van der Waals surface area (Å²) in [6.07, 6.45) is -2.63. The quantitative estimate of drug-likeness (QED) is 0.370. The number of benzene rings is 2. The number of hydrogen-bond acceptors (Lipinski definition) is 4. The molecule has 7 heteroatoms. The van der Waals surface area contributed by atoms with Crippen LogP contribution < -0.4 is 4.74 Å². The minimum absolute atomic E-state index is 0.169. The zero-order valence-corrected chi connectivity index (χ0v) is 14.7. The van der Waals surface area contributed by atoms with Crippen molar-refractivity contribution in [2.45, 2.75) is 25.9 Å². The lowest BCUT2D eigenvalue weighted by atomic mass is 10.1. The van der Waals surface area contributed by atoms with Gasteiger partial charge in [0.1, 0.15) is 5.75 Å². The van der Waals surface area contributed by atoms with Gasteiger partial charge in [0.2, 0.25) is 0 Å². The van der Waals surface area contributed by atoms with Gasteiger partial charge in [-0.2, -0.15) is 13.2 Å². The summed E-state index contributed by atoms with van der Waals surface area (Å²) in [6, 6.07) is 10.2. The van der Waals surface area contributed by atoms with Crippen LogP contribution in [-0.2, 0) is 10.9 Å². The van der Waals surface area contributed by atoms with E-state index in [1.54, 1.807) is 12.1 Å². The van der Waals surface area contributed by atoms with E-state index in [0.29, 0.717) is 12.4 Å². The molecule has 0 saturated carbocycles. The maximum Gasteiger partial charge on any atom is 0.416 e. The Bertz CT molecular complexity index is 783. The number of carbonyl (C=O) groups is 2. The molecule has 0 bridgehead atoms. The molecule has 0 heterocycles. The molecule has 0 unspecified atom stereocenters. The van der Waals surface area contributed by atoms with Crippen LogP contribution in [0.5, 0.6) is 5.75 Å². The van der Waals surface area contributed by atoms with Crippen LogP contribution >= 0.6 is 0 Å². The van der Waals surface area contributed by atoms with Gasteiger partial charge in [-0.05, 0) is 42.8 Å². The average molecular weight is 380 g/mol. The van der Waals surface area contributed by atoms with E-state index < -0.39 is 30.1 Å². The van der Waals surface area contributed by atoms with E-state index in [0.717, 1.165) is 31.0 Å². The molecule has 0 aliphatic rings. The molecule has 0 spiro atoms. The normalized spacial score (nSPS) is 11.1. The number of rotatable bonds is 8. The summed E-state index contributed by atoms with van der Waals surface area (Å²) in [5.74, 6) is -0.843. The zero-order chi connectivity index (χ0) is 19.9. The predicted molar refractivity (Wildman–Crippen MR) is 92.9 cm³/mol. The molecule has 0 atom stereocenters. The second-order valence-corrected chi connectivity index (χ2v) is 5.80. The number of Topliss-reactive ketones (excluding diaryl/α,β-unsaturated/α-hetero) is 1. The SMILES string of the molecule is CCCCOc1ccc(C(=O)OCC(=O)c2cccc(C(F)(F)F)c2)cc1. The second-order valence-electron chi connectivity index (χ2n) is 5.80. The standard InChI is InChI=1S/C20H19F3O4/c1-2-3-11-26-17-9-7-14(8-10-17)19(25)27-13-18(24)15-5-4-6-16(12-15)20(21,22)23/h4-10,12H,2-3,11,13H2,1H3. The summed E-state index contributed by atoms with van der Waals surface area (Å²) >= 11 is 0. The highest BCUT2D eigenvalue weighted by Gasteiger charge is 2.30. The lowest BCUT2D eigenvalue weighted by Gasteiger charge is -2.09. The summed E-state index contributed by atoms with van der Waals surface area (Å²) in [6.45, 7) is 1.98. The molecule has 27 heavy (non-hydrogen) atoms. The van der Waals surface area contributed by atoms with Crippen molar-refractivity contribution in [2.75, 3.05) is 13.2 Å². The first-order valence-electron chi connectivity index (χ1n) is 8.41. The molecule has 0 amide bonds. The highest BCUT2D eigenvalue weighted by Crippen LogP contribution is 2.29. The van der Waals surface area contributed by atoms with E-state index in [9.17, 15) is 22.8 Å². The van der Waals surface area contributed by atoms with Crippen molar-refractivity contribution in [1.82, 2.24) is 0 Å². The maximum absolute atomic E-state index is 12.7. The third-order valence-corrected chi connectivity index (χ3v) is 3.70. The van der Waals surface area contributed by atoms with Crippen molar-refractivity contribution in [3.05, 3.63) is 65.2 Å². The lowest BCUT2D eigenvalue weighted by molar-refractivity contribution is -0.137. The number of halogens is 3. The first kappa shape index (κ1) is 20.5. The van der Waals surface area contributed by atoms with Crippen LogP contribution in [0.4, 0.5) is 13.2 Å². The van der Waals surface area contributed by atoms with Crippen molar-refractivity contribution < 1.29 is 32.2 Å². The van der Waals surface area contributed by atoms with Crippen molar-refractivity contribution in [3.63, 3.8) is 0 Å². The predicted octanol–water partition coefficient (Wildman–Crippen LogP) is 4.92. The molecule has 2 aromatic rings. The highest BCUT2D eigenvalue weighted by atomic mass is 19.4. The summed E-state index contributed by atoms with van der Waals surface area (Å²) < 4.78 is 48.4. The van der Waals surface area contributed by atoms with Gasteiger partial charge in [-0.25, -0.2) is 4.79 Å². The van der Waals surface area contributed by atoms with Gasteiger partial charge in [0, 0.05) is 5.56 Å². The Labute approximate surface area is 154 Å². The van der Waals surface area contributed by atoms with E-state index in [1.165, 1.54) is 18.2 Å². The molecule has 2 aromatic carbocycles. The maximum atomic E-state index is 12.7. The van der Waals surface area contributed by atoms with E-state index in [-0.39, 0.29) is 11.1 Å². The molecule has 0 radical (unpaired) electrons. The summed E-state index contributed by atoms with van der Waals surface area (Å²) in [7, 11) is 0. The van der Waals surface area contributed by atoms with Crippen LogP contribution in [0, 0.1) is 0 Å². The van der Waals surface area contributed by atoms with Gasteiger partial charge in [-0.1, -0.05) is 25.5 Å². The average Bonchev–Trinajstić information content (AvgIpc) is 2.66. The first-order chi connectivity index (χ1) is 12.8. The third kappa shape index (κ3) is 6.13. The van der Waals surface area contributed by atoms with E-state index in [2.05, 4.69) is 0 Å². The second kappa shape index (κ2) is 9.21. The fraction of sp³-hybridized carbons (Fsp3) is 0.300. The van der Waals surface area contributed by atoms with E-state index in [4.69, 9.17) is 9.47 Å². The number of esters is 1. The highest BCUT2D eigenvalue weighted by molar-refractivity contribution is 5.99. The molecule has 0 aromatic heterocycles. The van der Waals surface area contributed by atoms with Gasteiger partial charge in [-0.3, -0.25) is 4.79 Å². The molecule has 0 aliphatic heterocycles. The van der Waals surface area contributed by atoms with E-state index in [1.807, 2.05) is 6.92 Å². The Morgan fingerprint density at radius 1 is 1.00 bits per heavy atom. The minimum atomic E-state index is -4.55. The smallest absolute Gasteiger partial charge is 0.416 e. The molecular weight excluding hydrogens is 361 g/mol. The van der Waals surface area contributed by atoms with Crippen LogP contribution in [0.3, 0.4) is 0 Å². The minimum Gasteiger partial charge on any atom is -0.494 e. The summed E-state index contributed by atoms with van der Waals surface area (Å²) in [5, 5.41) is 0. The third-order valence-electron chi connectivity index (χ3n) is 3.70. The fourth-order valence-electron chi connectivity index (χ4n) is 2.19. The Balaban J connectivity index is 1.92. The zero-order valence-electron chi connectivity index (χ0n) is 14.7. The lowest BCUT2D eigenvalue weighted by Crippen LogP contribution is -2.15. The van der Waals surface area contributed by atoms with Crippen LogP contribution in [0.15, 0.2) is 48.5 Å². The van der Waals surface area contributed by atoms with Crippen LogP contribution in [-0.4, -0.2) is 25.0 Å². The number of alkyl halides is 3. The van der Waals surface area contributed by atoms with Gasteiger partial charge < -0.3 is 9.47 Å². The largest absolute Gasteiger partial charge is 0.494 e. The van der Waals surface area contributed by atoms with Crippen molar-refractivity contribution in [3.8, 4) is 5.75 Å². The van der Waals surface area contributed by atoms with Crippen LogP contribution in [0.1, 0.15) is 46.0 Å². The van der Waals surface area contributed by atoms with Gasteiger partial charge in [-0.15, -0.1) is 0 Å². The number of unbranched alkanes of at least 4 members (excludes halogenated alkanes) is 1. The van der Waals surface area contributed by atoms with E-state index >= 15 is 0 Å². The molecule has 0 N–H and O–H groups in total. The molecule has 0 saturated heterocycles. The van der Waals surface area contributed by atoms with Gasteiger partial charge >= 0.3 is 12.1 Å². The molecule has 2 rings (SSSR count). The fourth-order valence-corrected chi connectivity index (χ4v) is 2.19. The molecule has 0 fully saturated rings. The number of ketones is 1. The number of hydrogen-bond donors (Lipinski definition) is 0. The van der Waals surface area contributed by atoms with Crippen molar-refractivity contribution in [1.29, 1.82) is 0 Å². The first-order valence-corrected chi connectivity index (χ1v) is 8.41. The monoisotopic (exact) mass is 380 g/mol. The van der Waals surface area contributed by atoms with Gasteiger partial charge in [0.05, 0.1) is 17.7 Å². The Morgan fingerprint density at radius 2 is 1.70 bits per heavy atom. The molecule has 4 nitrogen and oxygen atoms in total. The van der Waals surface area contributed by atoms with Crippen molar-refractivity contribution in [2.24, 2.45) is 0 Å². The molecular formula is C20H19F3O4. The van der Waals surface area contributed by atoms with Gasteiger partial charge in [0.25, 0.3) is 0 Å². The summed E-state index contributed by atoms with van der Waals surface area (Å²) in [5.41, 5.74) is -0.884. The Hall–Kier alpha value is -2.83. The van der Waals surface area contributed by atoms with Gasteiger partial charge in [0.15, 0.2) is 12.4 Å². The molecule has 0 aliphatic carbocycles. The Kier molecular flexibility index (Phi) is 6.98. The van der Waals surface area contributed by atoms with Crippen LogP contribution in [0.25, 0.3) is 0 Å². The number of carbonyl (C=O) groups excluding carboxylic acids is 2. The number of ether oxygens (including phenoxy) is 2. The van der Waals surface area contributed by atoms with Crippen molar-refractivity contribution >= 4 is 11.8 Å². The summed E-state index contributed by atoms with van der Waals surface area (Å²) in [4.78, 5) is 24.0. The topological polar surface area (TPSA) is 52.6 Å².